The minimum Gasteiger partial charge on any atom is -0.480 e. The molecule has 0 aliphatic heterocycles. The maximum absolute atomic E-state index is 13.2. The van der Waals surface area contributed by atoms with E-state index in [0.29, 0.717) is 11.4 Å². The highest BCUT2D eigenvalue weighted by Crippen LogP contribution is 2.29. The number of hydrogen-bond acceptors (Lipinski definition) is 6. The topological polar surface area (TPSA) is 126 Å². The average Bonchev–Trinajstić information content (AvgIpc) is 3.33. The van der Waals surface area contributed by atoms with Gasteiger partial charge in [0.1, 0.15) is 5.69 Å². The zero-order chi connectivity index (χ0) is 24.3. The van der Waals surface area contributed by atoms with Crippen molar-refractivity contribution < 1.29 is 17.9 Å². The third-order valence-corrected chi connectivity index (χ3v) is 6.51. The molecule has 0 aliphatic rings. The fourth-order valence-corrected chi connectivity index (χ4v) is 4.75. The van der Waals surface area contributed by atoms with E-state index in [1.54, 1.807) is 6.07 Å². The minimum atomic E-state index is -4.06. The van der Waals surface area contributed by atoms with E-state index in [9.17, 15) is 13.2 Å². The van der Waals surface area contributed by atoms with Crippen molar-refractivity contribution >= 4 is 27.3 Å². The highest BCUT2D eigenvalue weighted by molar-refractivity contribution is 7.92. The summed E-state index contributed by atoms with van der Waals surface area (Å²) in [6.45, 7) is 3.62. The Morgan fingerprint density at radius 2 is 1.71 bits per heavy atom. The summed E-state index contributed by atoms with van der Waals surface area (Å²) >= 11 is 0. The molecule has 0 unspecified atom stereocenters. The first kappa shape index (κ1) is 23.0. The number of anilines is 2. The van der Waals surface area contributed by atoms with Crippen molar-refractivity contribution in [2.75, 3.05) is 17.1 Å². The molecule has 3 N–H and O–H groups in total. The molecule has 2 aromatic carbocycles. The van der Waals surface area contributed by atoms with E-state index >= 15 is 0 Å². The molecule has 0 aliphatic carbocycles. The minimum absolute atomic E-state index is 0.0929. The molecule has 0 saturated carbocycles. The van der Waals surface area contributed by atoms with Gasteiger partial charge in [-0.15, -0.1) is 0 Å². The van der Waals surface area contributed by atoms with Crippen LogP contribution < -0.4 is 14.8 Å². The molecular weight excluding hydrogens is 454 g/mol. The number of hydrogen-bond donors (Lipinski definition) is 3. The van der Waals surface area contributed by atoms with Crippen LogP contribution in [0.2, 0.25) is 0 Å². The van der Waals surface area contributed by atoms with E-state index in [0.717, 1.165) is 16.7 Å². The van der Waals surface area contributed by atoms with Gasteiger partial charge in [0, 0.05) is 5.56 Å². The van der Waals surface area contributed by atoms with Crippen molar-refractivity contribution in [3.8, 4) is 17.1 Å². The van der Waals surface area contributed by atoms with Gasteiger partial charge in [0.05, 0.1) is 30.4 Å². The van der Waals surface area contributed by atoms with Crippen LogP contribution >= 0.6 is 0 Å². The Bertz CT molecular complexity index is 1430. The number of benzene rings is 2. The second-order valence-electron chi connectivity index (χ2n) is 7.59. The second kappa shape index (κ2) is 9.36. The number of carbonyl (C=O) groups is 1. The smallest absolute Gasteiger partial charge is 0.273 e. The third kappa shape index (κ3) is 4.76. The number of aromatic nitrogens is 3. The number of ether oxygens (including phenoxy) is 1. The zero-order valence-corrected chi connectivity index (χ0v) is 19.6. The summed E-state index contributed by atoms with van der Waals surface area (Å²) in [6.07, 6.45) is 1.32. The van der Waals surface area contributed by atoms with Crippen LogP contribution in [0, 0.1) is 13.8 Å². The molecule has 4 aromatic rings. The lowest BCUT2D eigenvalue weighted by molar-refractivity contribution is 0.102. The van der Waals surface area contributed by atoms with Crippen LogP contribution in [0.3, 0.4) is 0 Å². The number of sulfonamides is 1. The van der Waals surface area contributed by atoms with Gasteiger partial charge in [-0.1, -0.05) is 48.5 Å². The summed E-state index contributed by atoms with van der Waals surface area (Å²) in [5, 5.41) is 9.52. The number of aryl methyl sites for hydroxylation is 2. The molecule has 0 spiro atoms. The molecule has 0 atom stereocenters. The fraction of sp³-hybridized carbons (Fsp3) is 0.125. The number of amides is 1. The number of H-pyrrole nitrogens is 1. The van der Waals surface area contributed by atoms with Gasteiger partial charge >= 0.3 is 0 Å². The van der Waals surface area contributed by atoms with Gasteiger partial charge in [0.25, 0.3) is 15.9 Å². The predicted octanol–water partition coefficient (Wildman–Crippen LogP) is 4.15. The molecule has 174 valence electrons. The van der Waals surface area contributed by atoms with Gasteiger partial charge in [-0.2, -0.15) is 5.10 Å². The van der Waals surface area contributed by atoms with Crippen LogP contribution in [0.4, 0.5) is 11.4 Å². The van der Waals surface area contributed by atoms with Gasteiger partial charge in [-0.25, -0.2) is 13.4 Å². The van der Waals surface area contributed by atoms with E-state index in [2.05, 4.69) is 25.2 Å². The summed E-state index contributed by atoms with van der Waals surface area (Å²) < 4.78 is 34.2. The highest BCUT2D eigenvalue weighted by Gasteiger charge is 2.24. The van der Waals surface area contributed by atoms with Crippen molar-refractivity contribution in [1.29, 1.82) is 0 Å². The predicted molar refractivity (Wildman–Crippen MR) is 129 cm³/mol. The first-order chi connectivity index (χ1) is 16.3. The summed E-state index contributed by atoms with van der Waals surface area (Å²) in [5.74, 6) is -0.586. The number of nitrogens with one attached hydrogen (secondary N) is 3. The quantitative estimate of drug-likeness (QED) is 0.367. The normalized spacial score (nSPS) is 11.1. The lowest BCUT2D eigenvalue weighted by Crippen LogP contribution is -2.18. The van der Waals surface area contributed by atoms with Crippen molar-refractivity contribution in [3.05, 3.63) is 83.7 Å². The van der Waals surface area contributed by atoms with Crippen LogP contribution in [0.15, 0.2) is 71.8 Å². The molecule has 0 fully saturated rings. The molecular formula is C24H23N5O4S. The van der Waals surface area contributed by atoms with Crippen LogP contribution in [-0.4, -0.2) is 36.6 Å². The summed E-state index contributed by atoms with van der Waals surface area (Å²) in [7, 11) is -2.74. The van der Waals surface area contributed by atoms with Gasteiger partial charge in [-0.3, -0.25) is 14.6 Å². The van der Waals surface area contributed by atoms with Crippen LogP contribution in [0.1, 0.15) is 21.6 Å². The number of rotatable bonds is 7. The Morgan fingerprint density at radius 1 is 1.00 bits per heavy atom. The van der Waals surface area contributed by atoms with Gasteiger partial charge in [0.2, 0.25) is 5.88 Å². The molecule has 2 aromatic heterocycles. The van der Waals surface area contributed by atoms with E-state index < -0.39 is 15.9 Å². The first-order valence-electron chi connectivity index (χ1n) is 10.3. The number of methoxy groups -OCH3 is 1. The van der Waals surface area contributed by atoms with E-state index in [-0.39, 0.29) is 22.2 Å². The largest absolute Gasteiger partial charge is 0.480 e. The van der Waals surface area contributed by atoms with Crippen LogP contribution in [-0.2, 0) is 10.0 Å². The number of carbonyl (C=O) groups excluding carboxylic acids is 1. The van der Waals surface area contributed by atoms with Crippen LogP contribution in [0.25, 0.3) is 11.3 Å². The Kier molecular flexibility index (Phi) is 6.33. The van der Waals surface area contributed by atoms with E-state index in [1.807, 2.05) is 62.4 Å². The Labute approximate surface area is 197 Å². The number of aromatic amines is 1. The molecule has 4 rings (SSSR count). The molecule has 0 radical (unpaired) electrons. The average molecular weight is 478 g/mol. The van der Waals surface area contributed by atoms with E-state index in [1.165, 1.54) is 19.4 Å². The standard InChI is InChI=1S/C24H23N5O4S/c1-15-8-7-9-16(2)22(15)29-34(31,32)21-12-18(14-25-24(21)33-3)26-23(30)20-13-19(27-28-20)17-10-5-4-6-11-17/h4-14,29H,1-3H3,(H,26,30)(H,27,28). The molecule has 0 bridgehead atoms. The highest BCUT2D eigenvalue weighted by atomic mass is 32.2. The summed E-state index contributed by atoms with van der Waals surface area (Å²) in [5.41, 5.74) is 3.89. The third-order valence-electron chi connectivity index (χ3n) is 5.17. The van der Waals surface area contributed by atoms with Crippen molar-refractivity contribution in [2.45, 2.75) is 18.7 Å². The van der Waals surface area contributed by atoms with Crippen molar-refractivity contribution in [2.24, 2.45) is 0 Å². The Balaban J connectivity index is 1.60. The Hall–Kier alpha value is -4.18. The SMILES string of the molecule is COc1ncc(NC(=O)c2cc(-c3ccccc3)n[nH]2)cc1S(=O)(=O)Nc1c(C)cccc1C. The molecule has 9 nitrogen and oxygen atoms in total. The van der Waals surface area contributed by atoms with Gasteiger partial charge in [-0.05, 0) is 37.1 Å². The van der Waals surface area contributed by atoms with Gasteiger partial charge in [0.15, 0.2) is 4.90 Å². The lowest BCUT2D eigenvalue weighted by Gasteiger charge is -2.15. The maximum atomic E-state index is 13.2. The summed E-state index contributed by atoms with van der Waals surface area (Å²) in [6, 6.07) is 17.8. The monoisotopic (exact) mass is 477 g/mol. The molecule has 0 saturated heterocycles. The molecule has 34 heavy (non-hydrogen) atoms. The molecule has 1 amide bonds. The van der Waals surface area contributed by atoms with Crippen molar-refractivity contribution in [3.63, 3.8) is 0 Å². The van der Waals surface area contributed by atoms with Gasteiger partial charge < -0.3 is 10.1 Å². The fourth-order valence-electron chi connectivity index (χ4n) is 3.40. The number of para-hydroxylation sites is 1. The lowest BCUT2D eigenvalue weighted by atomic mass is 10.1. The van der Waals surface area contributed by atoms with Crippen LogP contribution in [0.5, 0.6) is 5.88 Å². The van der Waals surface area contributed by atoms with Crippen molar-refractivity contribution in [1.82, 2.24) is 15.2 Å². The number of nitrogens with zero attached hydrogens (tertiary/aromatic N) is 2. The summed E-state index contributed by atoms with van der Waals surface area (Å²) in [4.78, 5) is 16.6. The molecule has 10 heteroatoms. The Morgan fingerprint density at radius 3 is 2.38 bits per heavy atom. The first-order valence-corrected chi connectivity index (χ1v) is 11.8. The second-order valence-corrected chi connectivity index (χ2v) is 9.24. The maximum Gasteiger partial charge on any atom is 0.273 e. The number of pyridine rings is 1. The van der Waals surface area contributed by atoms with E-state index in [4.69, 9.17) is 4.74 Å². The molecule has 2 heterocycles. The zero-order valence-electron chi connectivity index (χ0n) is 18.8.